The van der Waals surface area contributed by atoms with Gasteiger partial charge >= 0.3 is 0 Å². The van der Waals surface area contributed by atoms with Crippen molar-refractivity contribution < 1.29 is 0 Å². The average Bonchev–Trinajstić information content (AvgIpc) is 2.83. The molecule has 1 aliphatic carbocycles. The average molecular weight is 167 g/mol. The molecular formula is C11H21N. The van der Waals surface area contributed by atoms with Gasteiger partial charge in [0.05, 0.1) is 0 Å². The molecule has 0 radical (unpaired) electrons. The number of hydrogen-bond acceptors (Lipinski definition) is 1. The quantitative estimate of drug-likeness (QED) is 0.580. The molecule has 0 amide bonds. The Morgan fingerprint density at radius 3 is 2.67 bits per heavy atom. The maximum absolute atomic E-state index is 2.53. The molecule has 2 fully saturated rings. The molecule has 2 aliphatic rings. The van der Waals surface area contributed by atoms with Crippen molar-refractivity contribution >= 4 is 0 Å². The zero-order chi connectivity index (χ0) is 8.60. The van der Waals surface area contributed by atoms with E-state index in [4.69, 9.17) is 0 Å². The molecule has 0 unspecified atom stereocenters. The summed E-state index contributed by atoms with van der Waals surface area (Å²) in [5, 5.41) is 0. The Bertz CT molecular complexity index is 160. The molecule has 1 aliphatic heterocycles. The fraction of sp³-hybridized carbons (Fsp3) is 1.00. The van der Waals surface area contributed by atoms with E-state index >= 15 is 0 Å². The molecule has 0 aromatic rings. The summed E-state index contributed by atoms with van der Waals surface area (Å²) in [6.07, 6.45) is 7.43. The molecule has 70 valence electrons. The van der Waals surface area contributed by atoms with E-state index in [9.17, 15) is 0 Å². The molecule has 1 atom stereocenters. The summed E-state index contributed by atoms with van der Waals surface area (Å²) in [5.41, 5.74) is 0.825. The first-order valence-electron chi connectivity index (χ1n) is 5.43. The normalized spacial score (nSPS) is 35.0. The molecule has 1 saturated heterocycles. The summed E-state index contributed by atoms with van der Waals surface area (Å²) in [5.74, 6) is 0.986. The van der Waals surface area contributed by atoms with E-state index in [0.29, 0.717) is 0 Å². The lowest BCUT2D eigenvalue weighted by Crippen LogP contribution is -2.23. The van der Waals surface area contributed by atoms with E-state index < -0.39 is 0 Å². The molecule has 1 heteroatoms. The van der Waals surface area contributed by atoms with Crippen molar-refractivity contribution in [2.45, 2.75) is 39.0 Å². The fourth-order valence-corrected chi connectivity index (χ4v) is 2.64. The largest absolute Gasteiger partial charge is 0.306 e. The van der Waals surface area contributed by atoms with Gasteiger partial charge < -0.3 is 4.90 Å². The second-order valence-corrected chi connectivity index (χ2v) is 4.99. The van der Waals surface area contributed by atoms with Crippen LogP contribution in [0.1, 0.15) is 39.0 Å². The van der Waals surface area contributed by atoms with Gasteiger partial charge in [-0.15, -0.1) is 0 Å². The standard InChI is InChI=1S/C11H21N/c1-3-10-8-11(4-5-11)6-7-12(2)9-10/h10H,3-9H2,1-2H3/t10-/m0/s1. The number of hydrogen-bond donors (Lipinski definition) is 0. The van der Waals surface area contributed by atoms with Crippen LogP contribution in [0, 0.1) is 11.3 Å². The van der Waals surface area contributed by atoms with Crippen LogP contribution in [0.25, 0.3) is 0 Å². The van der Waals surface area contributed by atoms with Crippen molar-refractivity contribution in [3.8, 4) is 0 Å². The predicted molar refractivity (Wildman–Crippen MR) is 52.2 cm³/mol. The predicted octanol–water partition coefficient (Wildman–Crippen LogP) is 2.52. The van der Waals surface area contributed by atoms with Gasteiger partial charge in [0.1, 0.15) is 0 Å². The van der Waals surface area contributed by atoms with Gasteiger partial charge in [0.25, 0.3) is 0 Å². The van der Waals surface area contributed by atoms with Crippen molar-refractivity contribution in [3.63, 3.8) is 0 Å². The van der Waals surface area contributed by atoms with E-state index in [1.807, 2.05) is 0 Å². The molecule has 1 nitrogen and oxygen atoms in total. The lowest BCUT2D eigenvalue weighted by Gasteiger charge is -2.18. The van der Waals surface area contributed by atoms with Gasteiger partial charge in [-0.05, 0) is 50.6 Å². The highest BCUT2D eigenvalue weighted by Crippen LogP contribution is 2.54. The summed E-state index contributed by atoms with van der Waals surface area (Å²) in [6.45, 7) is 5.04. The zero-order valence-electron chi connectivity index (χ0n) is 8.47. The van der Waals surface area contributed by atoms with Crippen LogP contribution in [-0.2, 0) is 0 Å². The van der Waals surface area contributed by atoms with E-state index in [-0.39, 0.29) is 0 Å². The van der Waals surface area contributed by atoms with Gasteiger partial charge in [-0.2, -0.15) is 0 Å². The SMILES string of the molecule is CC[C@@H]1CN(C)CCC2(CC2)C1. The third-order valence-electron chi connectivity index (χ3n) is 3.85. The summed E-state index contributed by atoms with van der Waals surface area (Å²) in [4.78, 5) is 2.53. The van der Waals surface area contributed by atoms with Crippen molar-refractivity contribution in [1.82, 2.24) is 4.90 Å². The minimum atomic E-state index is 0.825. The molecular weight excluding hydrogens is 146 g/mol. The second-order valence-electron chi connectivity index (χ2n) is 4.99. The van der Waals surface area contributed by atoms with Gasteiger partial charge in [-0.1, -0.05) is 13.3 Å². The van der Waals surface area contributed by atoms with Crippen molar-refractivity contribution in [1.29, 1.82) is 0 Å². The van der Waals surface area contributed by atoms with Gasteiger partial charge in [-0.25, -0.2) is 0 Å². The first-order valence-corrected chi connectivity index (χ1v) is 5.43. The Hall–Kier alpha value is -0.0400. The van der Waals surface area contributed by atoms with Crippen molar-refractivity contribution in [3.05, 3.63) is 0 Å². The Labute approximate surface area is 76.1 Å². The first kappa shape index (κ1) is 8.55. The van der Waals surface area contributed by atoms with E-state index in [1.165, 1.54) is 45.2 Å². The number of nitrogens with zero attached hydrogens (tertiary/aromatic N) is 1. The van der Waals surface area contributed by atoms with Crippen LogP contribution in [0.4, 0.5) is 0 Å². The van der Waals surface area contributed by atoms with Gasteiger partial charge in [0, 0.05) is 6.54 Å². The highest BCUT2D eigenvalue weighted by atomic mass is 15.1. The Morgan fingerprint density at radius 1 is 1.33 bits per heavy atom. The molecule has 1 heterocycles. The minimum Gasteiger partial charge on any atom is -0.306 e. The van der Waals surface area contributed by atoms with E-state index in [2.05, 4.69) is 18.9 Å². The van der Waals surface area contributed by atoms with Crippen LogP contribution in [0.3, 0.4) is 0 Å². The topological polar surface area (TPSA) is 3.24 Å². The third kappa shape index (κ3) is 1.66. The number of rotatable bonds is 1. The monoisotopic (exact) mass is 167 g/mol. The van der Waals surface area contributed by atoms with Gasteiger partial charge in [0.15, 0.2) is 0 Å². The lowest BCUT2D eigenvalue weighted by molar-refractivity contribution is 0.293. The second kappa shape index (κ2) is 3.02. The van der Waals surface area contributed by atoms with Crippen LogP contribution in [0.2, 0.25) is 0 Å². The Kier molecular flexibility index (Phi) is 2.16. The van der Waals surface area contributed by atoms with E-state index in [1.54, 1.807) is 0 Å². The maximum atomic E-state index is 2.53. The van der Waals surface area contributed by atoms with Crippen LogP contribution < -0.4 is 0 Å². The van der Waals surface area contributed by atoms with Crippen LogP contribution in [-0.4, -0.2) is 25.0 Å². The Balaban J connectivity index is 1.98. The third-order valence-corrected chi connectivity index (χ3v) is 3.85. The van der Waals surface area contributed by atoms with E-state index in [0.717, 1.165) is 11.3 Å². The van der Waals surface area contributed by atoms with Crippen molar-refractivity contribution in [2.75, 3.05) is 20.1 Å². The lowest BCUT2D eigenvalue weighted by atomic mass is 9.89. The molecule has 2 rings (SSSR count). The fourth-order valence-electron chi connectivity index (χ4n) is 2.64. The van der Waals surface area contributed by atoms with Gasteiger partial charge in [-0.3, -0.25) is 0 Å². The zero-order valence-corrected chi connectivity index (χ0v) is 8.47. The van der Waals surface area contributed by atoms with Gasteiger partial charge in [0.2, 0.25) is 0 Å². The van der Waals surface area contributed by atoms with Crippen LogP contribution in [0.15, 0.2) is 0 Å². The molecule has 1 spiro atoms. The van der Waals surface area contributed by atoms with Crippen molar-refractivity contribution in [2.24, 2.45) is 11.3 Å². The molecule has 0 bridgehead atoms. The molecule has 12 heavy (non-hydrogen) atoms. The molecule has 0 N–H and O–H groups in total. The highest BCUT2D eigenvalue weighted by molar-refractivity contribution is 4.96. The summed E-state index contributed by atoms with van der Waals surface area (Å²) in [7, 11) is 2.28. The molecule has 0 aromatic carbocycles. The first-order chi connectivity index (χ1) is 5.74. The summed E-state index contributed by atoms with van der Waals surface area (Å²) >= 11 is 0. The van der Waals surface area contributed by atoms with Crippen LogP contribution in [0.5, 0.6) is 0 Å². The molecule has 0 aromatic heterocycles. The smallest absolute Gasteiger partial charge is 0.000671 e. The Morgan fingerprint density at radius 2 is 2.08 bits per heavy atom. The maximum Gasteiger partial charge on any atom is 0.000671 e. The molecule has 1 saturated carbocycles. The summed E-state index contributed by atoms with van der Waals surface area (Å²) < 4.78 is 0. The minimum absolute atomic E-state index is 0.825. The highest BCUT2D eigenvalue weighted by Gasteiger charge is 2.44. The number of likely N-dealkylation sites (tertiary alicyclic amines) is 1. The van der Waals surface area contributed by atoms with Crippen LogP contribution >= 0.6 is 0 Å². The summed E-state index contributed by atoms with van der Waals surface area (Å²) in [6, 6.07) is 0.